The number of rotatable bonds is 6. The summed E-state index contributed by atoms with van der Waals surface area (Å²) < 4.78 is 11.1. The van der Waals surface area contributed by atoms with Crippen molar-refractivity contribution in [2.24, 2.45) is 0 Å². The lowest BCUT2D eigenvalue weighted by Crippen LogP contribution is -2.47. The molecular weight excluding hydrogens is 304 g/mol. The standard InChI is InChI=1S/C19H24N2O3/c1-20-11-9-16(10-12-20)21(14-18-8-5-13-23-18)19(22)15-24-17-6-3-2-4-7-17/h2-8,13,16H,9-12,14-15H2,1H3. The van der Waals surface area contributed by atoms with E-state index in [1.807, 2.05) is 47.4 Å². The number of likely N-dealkylation sites (tertiary alicyclic amines) is 1. The Morgan fingerprint density at radius 1 is 1.21 bits per heavy atom. The average Bonchev–Trinajstić information content (AvgIpc) is 3.13. The largest absolute Gasteiger partial charge is 0.484 e. The maximum Gasteiger partial charge on any atom is 0.261 e. The number of hydrogen-bond acceptors (Lipinski definition) is 4. The van der Waals surface area contributed by atoms with Crippen LogP contribution in [0, 0.1) is 0 Å². The van der Waals surface area contributed by atoms with Crippen LogP contribution in [0.3, 0.4) is 0 Å². The van der Waals surface area contributed by atoms with E-state index in [1.54, 1.807) is 6.26 Å². The first kappa shape index (κ1) is 16.6. The Balaban J connectivity index is 1.65. The van der Waals surface area contributed by atoms with Crippen LogP contribution in [-0.2, 0) is 11.3 Å². The van der Waals surface area contributed by atoms with Gasteiger partial charge in [-0.1, -0.05) is 18.2 Å². The van der Waals surface area contributed by atoms with Gasteiger partial charge in [-0.25, -0.2) is 0 Å². The van der Waals surface area contributed by atoms with Crippen LogP contribution in [-0.4, -0.2) is 48.5 Å². The van der Waals surface area contributed by atoms with E-state index in [1.165, 1.54) is 0 Å². The Hall–Kier alpha value is -2.27. The highest BCUT2D eigenvalue weighted by Crippen LogP contribution is 2.19. The molecule has 5 heteroatoms. The Morgan fingerprint density at radius 2 is 1.96 bits per heavy atom. The quantitative estimate of drug-likeness (QED) is 0.818. The van der Waals surface area contributed by atoms with E-state index in [-0.39, 0.29) is 18.6 Å². The summed E-state index contributed by atoms with van der Waals surface area (Å²) in [5.41, 5.74) is 0. The molecule has 0 aliphatic carbocycles. The second-order valence-electron chi connectivity index (χ2n) is 6.24. The first-order valence-corrected chi connectivity index (χ1v) is 8.40. The minimum Gasteiger partial charge on any atom is -0.484 e. The first-order valence-electron chi connectivity index (χ1n) is 8.40. The van der Waals surface area contributed by atoms with Crippen LogP contribution in [0.1, 0.15) is 18.6 Å². The van der Waals surface area contributed by atoms with Crippen molar-refractivity contribution in [3.63, 3.8) is 0 Å². The van der Waals surface area contributed by atoms with Gasteiger partial charge in [0.1, 0.15) is 11.5 Å². The fourth-order valence-corrected chi connectivity index (χ4v) is 3.04. The minimum absolute atomic E-state index is 0.00445. The van der Waals surface area contributed by atoms with Crippen molar-refractivity contribution >= 4 is 5.91 Å². The number of hydrogen-bond donors (Lipinski definition) is 0. The lowest BCUT2D eigenvalue weighted by Gasteiger charge is -2.37. The van der Waals surface area contributed by atoms with Gasteiger partial charge in [-0.05, 0) is 57.2 Å². The monoisotopic (exact) mass is 328 g/mol. The van der Waals surface area contributed by atoms with E-state index in [2.05, 4.69) is 11.9 Å². The van der Waals surface area contributed by atoms with Crippen LogP contribution in [0.15, 0.2) is 53.1 Å². The molecule has 1 aromatic carbocycles. The topological polar surface area (TPSA) is 45.9 Å². The lowest BCUT2D eigenvalue weighted by molar-refractivity contribution is -0.137. The van der Waals surface area contributed by atoms with Crippen molar-refractivity contribution in [3.05, 3.63) is 54.5 Å². The molecule has 0 bridgehead atoms. The number of piperidine rings is 1. The molecule has 0 N–H and O–H groups in total. The molecule has 0 radical (unpaired) electrons. The molecule has 1 aliphatic heterocycles. The van der Waals surface area contributed by atoms with Gasteiger partial charge in [-0.3, -0.25) is 4.79 Å². The third kappa shape index (κ3) is 4.38. The molecule has 1 aromatic heterocycles. The molecule has 0 unspecified atom stereocenters. The van der Waals surface area contributed by atoms with Crippen molar-refractivity contribution in [3.8, 4) is 5.75 Å². The summed E-state index contributed by atoms with van der Waals surface area (Å²) in [6.45, 7) is 2.56. The summed E-state index contributed by atoms with van der Waals surface area (Å²) in [5.74, 6) is 1.53. The molecule has 0 saturated carbocycles. The number of ether oxygens (including phenoxy) is 1. The Labute approximate surface area is 142 Å². The van der Waals surface area contributed by atoms with Gasteiger partial charge in [-0.2, -0.15) is 0 Å². The van der Waals surface area contributed by atoms with Crippen LogP contribution in [0.4, 0.5) is 0 Å². The second kappa shape index (κ2) is 8.02. The number of amides is 1. The minimum atomic E-state index is 0.00445. The fraction of sp³-hybridized carbons (Fsp3) is 0.421. The number of benzene rings is 1. The van der Waals surface area contributed by atoms with E-state index in [0.29, 0.717) is 12.3 Å². The molecule has 1 amide bonds. The summed E-state index contributed by atoms with van der Waals surface area (Å²) in [6, 6.07) is 13.4. The van der Waals surface area contributed by atoms with E-state index < -0.39 is 0 Å². The van der Waals surface area contributed by atoms with Crippen molar-refractivity contribution < 1.29 is 13.9 Å². The van der Waals surface area contributed by atoms with Crippen LogP contribution in [0.5, 0.6) is 5.75 Å². The van der Waals surface area contributed by atoms with Gasteiger partial charge in [0.2, 0.25) is 0 Å². The number of furan rings is 1. The second-order valence-corrected chi connectivity index (χ2v) is 6.24. The Bertz CT molecular complexity index is 619. The van der Waals surface area contributed by atoms with Crippen molar-refractivity contribution in [2.75, 3.05) is 26.7 Å². The van der Waals surface area contributed by atoms with Crippen LogP contribution in [0.2, 0.25) is 0 Å². The maximum atomic E-state index is 12.8. The fourth-order valence-electron chi connectivity index (χ4n) is 3.04. The summed E-state index contributed by atoms with van der Waals surface area (Å²) in [6.07, 6.45) is 3.61. The molecule has 24 heavy (non-hydrogen) atoms. The maximum absolute atomic E-state index is 12.8. The van der Waals surface area contributed by atoms with Crippen molar-refractivity contribution in [2.45, 2.75) is 25.4 Å². The number of nitrogens with zero attached hydrogens (tertiary/aromatic N) is 2. The van der Waals surface area contributed by atoms with E-state index in [9.17, 15) is 4.79 Å². The molecule has 2 aromatic rings. The van der Waals surface area contributed by atoms with Crippen LogP contribution < -0.4 is 4.74 Å². The van der Waals surface area contributed by atoms with E-state index in [0.717, 1.165) is 31.7 Å². The van der Waals surface area contributed by atoms with Crippen LogP contribution in [0.25, 0.3) is 0 Å². The van der Waals surface area contributed by atoms with E-state index in [4.69, 9.17) is 9.15 Å². The Kier molecular flexibility index (Phi) is 5.54. The third-order valence-corrected chi connectivity index (χ3v) is 4.46. The summed E-state index contributed by atoms with van der Waals surface area (Å²) in [5, 5.41) is 0. The number of carbonyl (C=O) groups is 1. The molecule has 5 nitrogen and oxygen atoms in total. The highest BCUT2D eigenvalue weighted by Gasteiger charge is 2.28. The number of carbonyl (C=O) groups excluding carboxylic acids is 1. The van der Waals surface area contributed by atoms with E-state index >= 15 is 0 Å². The van der Waals surface area contributed by atoms with Crippen LogP contribution >= 0.6 is 0 Å². The molecule has 3 rings (SSSR count). The summed E-state index contributed by atoms with van der Waals surface area (Å²) >= 11 is 0. The zero-order chi connectivity index (χ0) is 16.8. The van der Waals surface area contributed by atoms with Gasteiger partial charge in [0.05, 0.1) is 12.8 Å². The van der Waals surface area contributed by atoms with Gasteiger partial charge in [0.15, 0.2) is 6.61 Å². The van der Waals surface area contributed by atoms with Gasteiger partial charge in [0, 0.05) is 6.04 Å². The molecule has 128 valence electrons. The molecule has 0 atom stereocenters. The highest BCUT2D eigenvalue weighted by molar-refractivity contribution is 5.78. The first-order chi connectivity index (χ1) is 11.7. The average molecular weight is 328 g/mol. The number of para-hydroxylation sites is 1. The van der Waals surface area contributed by atoms with Gasteiger partial charge < -0.3 is 19.0 Å². The van der Waals surface area contributed by atoms with Crippen molar-refractivity contribution in [1.82, 2.24) is 9.80 Å². The zero-order valence-corrected chi connectivity index (χ0v) is 14.1. The zero-order valence-electron chi connectivity index (χ0n) is 14.1. The highest BCUT2D eigenvalue weighted by atomic mass is 16.5. The summed E-state index contributed by atoms with van der Waals surface area (Å²) in [7, 11) is 2.12. The molecule has 1 saturated heterocycles. The predicted molar refractivity (Wildman–Crippen MR) is 91.7 cm³/mol. The molecule has 1 aliphatic rings. The van der Waals surface area contributed by atoms with Gasteiger partial charge in [-0.15, -0.1) is 0 Å². The Morgan fingerprint density at radius 3 is 2.62 bits per heavy atom. The molecule has 0 spiro atoms. The normalized spacial score (nSPS) is 16.0. The molecule has 2 heterocycles. The van der Waals surface area contributed by atoms with Gasteiger partial charge in [0.25, 0.3) is 5.91 Å². The SMILES string of the molecule is CN1CCC(N(Cc2ccco2)C(=O)COc2ccccc2)CC1. The molecular formula is C19H24N2O3. The molecule has 1 fully saturated rings. The lowest BCUT2D eigenvalue weighted by atomic mass is 10.0. The predicted octanol–water partition coefficient (Wildman–Crippen LogP) is 2.78. The third-order valence-electron chi connectivity index (χ3n) is 4.46. The van der Waals surface area contributed by atoms with Crippen molar-refractivity contribution in [1.29, 1.82) is 0 Å². The summed E-state index contributed by atoms with van der Waals surface area (Å²) in [4.78, 5) is 17.0. The van der Waals surface area contributed by atoms with Gasteiger partial charge >= 0.3 is 0 Å². The smallest absolute Gasteiger partial charge is 0.261 e.